The molecule has 0 saturated carbocycles. The maximum atomic E-state index is 6.28. The van der Waals surface area contributed by atoms with Gasteiger partial charge in [-0.15, -0.1) is 11.3 Å². The molecule has 0 aliphatic carbocycles. The highest BCUT2D eigenvalue weighted by atomic mass is 35.5. The Morgan fingerprint density at radius 1 is 1.00 bits per heavy atom. The van der Waals surface area contributed by atoms with Crippen LogP contribution in [0, 0.1) is 0 Å². The Kier molecular flexibility index (Phi) is 2.73. The van der Waals surface area contributed by atoms with Crippen molar-refractivity contribution in [3.8, 4) is 17.2 Å². The fraction of sp³-hybridized carbons (Fsp3) is 0.190. The zero-order valence-electron chi connectivity index (χ0n) is 14.6. The lowest BCUT2D eigenvalue weighted by Gasteiger charge is -2.30. The summed E-state index contributed by atoms with van der Waals surface area (Å²) in [6.45, 7) is 1.51. The number of ether oxygens (including phenoxy) is 3. The van der Waals surface area contributed by atoms with E-state index in [0.29, 0.717) is 6.61 Å². The van der Waals surface area contributed by atoms with E-state index in [1.165, 1.54) is 16.1 Å². The number of benzene rings is 2. The van der Waals surface area contributed by atoms with Crippen molar-refractivity contribution in [2.75, 3.05) is 18.3 Å². The summed E-state index contributed by atoms with van der Waals surface area (Å²) in [5.74, 6) is 3.32. The van der Waals surface area contributed by atoms with Gasteiger partial charge in [-0.1, -0.05) is 29.8 Å². The van der Waals surface area contributed by atoms with Crippen molar-refractivity contribution in [3.05, 3.63) is 62.8 Å². The van der Waals surface area contributed by atoms with E-state index < -0.39 is 5.41 Å². The van der Waals surface area contributed by atoms with E-state index in [-0.39, 0.29) is 6.79 Å². The molecule has 0 amide bonds. The highest BCUT2D eigenvalue weighted by Crippen LogP contribution is 2.57. The van der Waals surface area contributed by atoms with Crippen LogP contribution in [-0.2, 0) is 12.0 Å². The fourth-order valence-corrected chi connectivity index (χ4v) is 5.94. The molecule has 2 aromatic carbocycles. The molecular formula is C21H13ClN2O3S. The molecule has 1 aromatic heterocycles. The summed E-state index contributed by atoms with van der Waals surface area (Å²) in [6, 6.07) is 14.4. The molecule has 5 heterocycles. The van der Waals surface area contributed by atoms with E-state index >= 15 is 0 Å². The minimum absolute atomic E-state index is 0.242. The number of aliphatic imine (C=N–C) groups is 1. The van der Waals surface area contributed by atoms with Gasteiger partial charge in [0.2, 0.25) is 6.79 Å². The van der Waals surface area contributed by atoms with E-state index in [2.05, 4.69) is 35.2 Å². The van der Waals surface area contributed by atoms with Crippen LogP contribution in [0.25, 0.3) is 0 Å². The third-order valence-electron chi connectivity index (χ3n) is 5.96. The smallest absolute Gasteiger partial charge is 0.231 e. The third kappa shape index (κ3) is 1.71. The minimum Gasteiger partial charge on any atom is -0.491 e. The van der Waals surface area contributed by atoms with E-state index in [9.17, 15) is 0 Å². The van der Waals surface area contributed by atoms with Crippen molar-refractivity contribution in [3.63, 3.8) is 0 Å². The van der Waals surface area contributed by atoms with Gasteiger partial charge in [0.1, 0.15) is 23.6 Å². The molecule has 0 bridgehead atoms. The number of fused-ring (bicyclic) bond motifs is 9. The van der Waals surface area contributed by atoms with Gasteiger partial charge in [-0.2, -0.15) is 0 Å². The Morgan fingerprint density at radius 3 is 2.79 bits per heavy atom. The first-order valence-corrected chi connectivity index (χ1v) is 10.2. The zero-order valence-corrected chi connectivity index (χ0v) is 16.1. The average Bonchev–Trinajstić information content (AvgIpc) is 3.44. The number of para-hydroxylation sites is 1. The lowest BCUT2D eigenvalue weighted by Crippen LogP contribution is -2.43. The first-order chi connectivity index (χ1) is 13.7. The van der Waals surface area contributed by atoms with E-state index in [1.54, 1.807) is 11.3 Å². The zero-order chi connectivity index (χ0) is 18.5. The number of hydrogen-bond acceptors (Lipinski definition) is 6. The van der Waals surface area contributed by atoms with Crippen molar-refractivity contribution in [2.24, 2.45) is 4.99 Å². The Hall–Kier alpha value is -2.70. The molecule has 28 heavy (non-hydrogen) atoms. The minimum atomic E-state index is -0.459. The van der Waals surface area contributed by atoms with Crippen LogP contribution in [0.5, 0.6) is 17.2 Å². The number of nitrogens with zero attached hydrogens (tertiary/aromatic N) is 2. The molecule has 1 spiro atoms. The number of hydrogen-bond donors (Lipinski definition) is 0. The van der Waals surface area contributed by atoms with Gasteiger partial charge < -0.3 is 19.1 Å². The van der Waals surface area contributed by atoms with Gasteiger partial charge in [-0.05, 0) is 23.8 Å². The second-order valence-electron chi connectivity index (χ2n) is 7.29. The molecule has 5 nitrogen and oxygen atoms in total. The Morgan fingerprint density at radius 2 is 1.86 bits per heavy atom. The maximum Gasteiger partial charge on any atom is 0.231 e. The predicted molar refractivity (Wildman–Crippen MR) is 108 cm³/mol. The fourth-order valence-electron chi connectivity index (χ4n) is 4.75. The van der Waals surface area contributed by atoms with Crippen molar-refractivity contribution < 1.29 is 14.2 Å². The van der Waals surface area contributed by atoms with Gasteiger partial charge in [0, 0.05) is 17.3 Å². The summed E-state index contributed by atoms with van der Waals surface area (Å²) in [5, 5.41) is 0. The Balaban J connectivity index is 1.54. The lowest BCUT2D eigenvalue weighted by molar-refractivity contribution is 0.173. The monoisotopic (exact) mass is 408 g/mol. The molecule has 0 fully saturated rings. The SMILES string of the molecule is Clc1cc2c(s1)CN1C(=N2)C2(COc3cc4c(cc32)OCO4)c2ccccc21. The molecule has 4 aliphatic heterocycles. The molecule has 4 aliphatic rings. The Labute approximate surface area is 169 Å². The quantitative estimate of drug-likeness (QED) is 0.532. The highest BCUT2D eigenvalue weighted by molar-refractivity contribution is 7.16. The summed E-state index contributed by atoms with van der Waals surface area (Å²) in [7, 11) is 0. The van der Waals surface area contributed by atoms with Crippen LogP contribution in [0.4, 0.5) is 11.4 Å². The second-order valence-corrected chi connectivity index (χ2v) is 9.06. The van der Waals surface area contributed by atoms with Crippen LogP contribution >= 0.6 is 22.9 Å². The van der Waals surface area contributed by atoms with E-state index in [0.717, 1.165) is 45.2 Å². The molecule has 0 N–H and O–H groups in total. The average molecular weight is 409 g/mol. The van der Waals surface area contributed by atoms with E-state index in [4.69, 9.17) is 30.8 Å². The van der Waals surface area contributed by atoms with Crippen LogP contribution in [0.1, 0.15) is 16.0 Å². The van der Waals surface area contributed by atoms with Crippen molar-refractivity contribution >= 4 is 40.1 Å². The normalized spacial score (nSPS) is 22.5. The van der Waals surface area contributed by atoms with Gasteiger partial charge in [0.15, 0.2) is 11.5 Å². The standard InChI is InChI=1S/C21H13ClN2O3S/c22-19-6-13-18(28-19)8-24-14-4-2-1-3-11(14)21(20(24)23-13)9-25-15-7-17-16(5-12(15)21)26-10-27-17/h1-7H,8-10H2. The molecule has 1 atom stereocenters. The molecule has 1 unspecified atom stereocenters. The highest BCUT2D eigenvalue weighted by Gasteiger charge is 2.56. The predicted octanol–water partition coefficient (Wildman–Crippen LogP) is 4.87. The summed E-state index contributed by atoms with van der Waals surface area (Å²) in [6.07, 6.45) is 0. The van der Waals surface area contributed by atoms with Gasteiger partial charge >= 0.3 is 0 Å². The first kappa shape index (κ1) is 15.2. The largest absolute Gasteiger partial charge is 0.491 e. The number of amidine groups is 1. The van der Waals surface area contributed by atoms with Crippen molar-refractivity contribution in [2.45, 2.75) is 12.0 Å². The summed E-state index contributed by atoms with van der Waals surface area (Å²) < 4.78 is 18.2. The van der Waals surface area contributed by atoms with Gasteiger partial charge in [-0.25, -0.2) is 4.99 Å². The molecule has 138 valence electrons. The van der Waals surface area contributed by atoms with Crippen LogP contribution in [0.2, 0.25) is 4.34 Å². The Bertz CT molecular complexity index is 1220. The molecule has 0 radical (unpaired) electrons. The second kappa shape index (κ2) is 5.01. The third-order valence-corrected chi connectivity index (χ3v) is 7.19. The first-order valence-electron chi connectivity index (χ1n) is 9.05. The summed E-state index contributed by atoms with van der Waals surface area (Å²) >= 11 is 7.88. The van der Waals surface area contributed by atoms with Crippen molar-refractivity contribution in [1.29, 1.82) is 0 Å². The number of halogens is 1. The number of thiophene rings is 1. The van der Waals surface area contributed by atoms with Gasteiger partial charge in [0.25, 0.3) is 0 Å². The molecule has 3 aromatic rings. The summed E-state index contributed by atoms with van der Waals surface area (Å²) in [5.41, 5.74) is 3.97. The lowest BCUT2D eigenvalue weighted by atomic mass is 9.76. The molecular weight excluding hydrogens is 396 g/mol. The molecule has 7 rings (SSSR count). The molecule has 0 saturated heterocycles. The van der Waals surface area contributed by atoms with Crippen LogP contribution in [0.3, 0.4) is 0 Å². The van der Waals surface area contributed by atoms with Crippen LogP contribution in [-0.4, -0.2) is 19.2 Å². The summed E-state index contributed by atoms with van der Waals surface area (Å²) in [4.78, 5) is 8.57. The molecule has 7 heteroatoms. The van der Waals surface area contributed by atoms with Gasteiger partial charge in [-0.3, -0.25) is 0 Å². The topological polar surface area (TPSA) is 43.3 Å². The van der Waals surface area contributed by atoms with Crippen LogP contribution in [0.15, 0.2) is 47.5 Å². The van der Waals surface area contributed by atoms with Crippen molar-refractivity contribution in [1.82, 2.24) is 0 Å². The maximum absolute atomic E-state index is 6.28. The van der Waals surface area contributed by atoms with Crippen LogP contribution < -0.4 is 19.1 Å². The number of rotatable bonds is 0. The van der Waals surface area contributed by atoms with Gasteiger partial charge in [0.05, 0.1) is 21.4 Å². The van der Waals surface area contributed by atoms with E-state index in [1.807, 2.05) is 12.1 Å². The number of anilines is 1.